The van der Waals surface area contributed by atoms with E-state index in [2.05, 4.69) is 0 Å². The number of β-amino-alcohol motifs (C(OH)–C–C–N with tert-alkyl or cyclic N) is 1. The van der Waals surface area contributed by atoms with E-state index in [9.17, 15) is 9.90 Å². The predicted octanol–water partition coefficient (Wildman–Crippen LogP) is 1.68. The number of likely N-dealkylation sites (tertiary alicyclic amines) is 1. The van der Waals surface area contributed by atoms with Crippen LogP contribution in [0.15, 0.2) is 24.3 Å². The molecule has 1 aliphatic rings. The van der Waals surface area contributed by atoms with Crippen molar-refractivity contribution in [1.29, 1.82) is 0 Å². The number of carbonyl (C=O) groups excluding carboxylic acids is 1. The van der Waals surface area contributed by atoms with E-state index < -0.39 is 0 Å². The van der Waals surface area contributed by atoms with Gasteiger partial charge in [0.2, 0.25) is 0 Å². The molecule has 1 aliphatic heterocycles. The van der Waals surface area contributed by atoms with Crippen LogP contribution >= 0.6 is 0 Å². The largest absolute Gasteiger partial charge is 0.491 e. The summed E-state index contributed by atoms with van der Waals surface area (Å²) in [5, 5.41) is 9.42. The normalized spacial score (nSPS) is 19.3. The van der Waals surface area contributed by atoms with E-state index in [1.807, 2.05) is 13.8 Å². The van der Waals surface area contributed by atoms with E-state index in [0.29, 0.717) is 25.1 Å². The maximum atomic E-state index is 12.1. The average Bonchev–Trinajstić information content (AvgIpc) is 2.75. The number of nitrogens with zero attached hydrogens (tertiary/aromatic N) is 1. The van der Waals surface area contributed by atoms with E-state index in [1.54, 1.807) is 29.2 Å². The van der Waals surface area contributed by atoms with Crippen molar-refractivity contribution in [2.75, 3.05) is 13.1 Å². The van der Waals surface area contributed by atoms with Crippen LogP contribution < -0.4 is 4.74 Å². The van der Waals surface area contributed by atoms with Gasteiger partial charge in [-0.05, 0) is 44.5 Å². The molecule has 1 fully saturated rings. The monoisotopic (exact) mass is 249 g/mol. The van der Waals surface area contributed by atoms with Gasteiger partial charge in [0.25, 0.3) is 5.91 Å². The van der Waals surface area contributed by atoms with E-state index in [0.717, 1.165) is 5.75 Å². The Morgan fingerprint density at radius 3 is 2.56 bits per heavy atom. The van der Waals surface area contributed by atoms with Crippen molar-refractivity contribution >= 4 is 5.91 Å². The summed E-state index contributed by atoms with van der Waals surface area (Å²) in [6, 6.07) is 7.15. The zero-order valence-electron chi connectivity index (χ0n) is 10.8. The van der Waals surface area contributed by atoms with Gasteiger partial charge in [-0.1, -0.05) is 0 Å². The highest BCUT2D eigenvalue weighted by atomic mass is 16.5. The molecule has 18 heavy (non-hydrogen) atoms. The summed E-state index contributed by atoms with van der Waals surface area (Å²) in [7, 11) is 0. The van der Waals surface area contributed by atoms with E-state index in [4.69, 9.17) is 4.74 Å². The molecule has 1 saturated heterocycles. The fraction of sp³-hybridized carbons (Fsp3) is 0.500. The molecule has 1 heterocycles. The van der Waals surface area contributed by atoms with Crippen molar-refractivity contribution in [3.05, 3.63) is 29.8 Å². The summed E-state index contributed by atoms with van der Waals surface area (Å²) >= 11 is 0. The van der Waals surface area contributed by atoms with E-state index >= 15 is 0 Å². The lowest BCUT2D eigenvalue weighted by Gasteiger charge is -2.16. The van der Waals surface area contributed by atoms with Crippen molar-refractivity contribution in [3.63, 3.8) is 0 Å². The smallest absolute Gasteiger partial charge is 0.253 e. The first-order chi connectivity index (χ1) is 8.56. The molecule has 1 atom stereocenters. The number of aliphatic hydroxyl groups is 1. The molecule has 98 valence electrons. The molecule has 1 amide bonds. The quantitative estimate of drug-likeness (QED) is 0.886. The summed E-state index contributed by atoms with van der Waals surface area (Å²) in [5.74, 6) is 0.741. The number of rotatable bonds is 3. The topological polar surface area (TPSA) is 49.8 Å². The van der Waals surface area contributed by atoms with Crippen LogP contribution in [-0.2, 0) is 0 Å². The first-order valence-electron chi connectivity index (χ1n) is 6.30. The lowest BCUT2D eigenvalue weighted by molar-refractivity contribution is 0.0765. The molecule has 4 heteroatoms. The Bertz CT molecular complexity index is 414. The second-order valence-electron chi connectivity index (χ2n) is 4.88. The van der Waals surface area contributed by atoms with Crippen LogP contribution in [0.2, 0.25) is 0 Å². The van der Waals surface area contributed by atoms with Crippen molar-refractivity contribution in [2.45, 2.75) is 32.5 Å². The predicted molar refractivity (Wildman–Crippen MR) is 68.7 cm³/mol. The van der Waals surface area contributed by atoms with Crippen molar-refractivity contribution < 1.29 is 14.6 Å². The Balaban J connectivity index is 2.03. The third-order valence-electron chi connectivity index (χ3n) is 2.92. The number of amides is 1. The van der Waals surface area contributed by atoms with Crippen LogP contribution in [0.4, 0.5) is 0 Å². The first kappa shape index (κ1) is 12.9. The molecule has 1 aromatic carbocycles. The molecule has 0 spiro atoms. The summed E-state index contributed by atoms with van der Waals surface area (Å²) in [6.45, 7) is 4.99. The van der Waals surface area contributed by atoms with Crippen LogP contribution in [0.25, 0.3) is 0 Å². The first-order valence-corrected chi connectivity index (χ1v) is 6.30. The second kappa shape index (κ2) is 5.40. The minimum absolute atomic E-state index is 0.0253. The van der Waals surface area contributed by atoms with Gasteiger partial charge in [-0.25, -0.2) is 0 Å². The molecule has 4 nitrogen and oxygen atoms in total. The van der Waals surface area contributed by atoms with Crippen LogP contribution in [0, 0.1) is 0 Å². The zero-order chi connectivity index (χ0) is 13.1. The van der Waals surface area contributed by atoms with Crippen LogP contribution in [0.1, 0.15) is 30.6 Å². The molecule has 2 rings (SSSR count). The Morgan fingerprint density at radius 1 is 1.39 bits per heavy atom. The maximum Gasteiger partial charge on any atom is 0.253 e. The van der Waals surface area contributed by atoms with Gasteiger partial charge >= 0.3 is 0 Å². The van der Waals surface area contributed by atoms with Gasteiger partial charge in [0, 0.05) is 18.7 Å². The molecular weight excluding hydrogens is 230 g/mol. The summed E-state index contributed by atoms with van der Waals surface area (Å²) in [5.41, 5.74) is 0.639. The molecule has 0 bridgehead atoms. The number of aliphatic hydroxyl groups excluding tert-OH is 1. The molecule has 1 N–H and O–H groups in total. The summed E-state index contributed by atoms with van der Waals surface area (Å²) in [6.07, 6.45) is 0.415. The average molecular weight is 249 g/mol. The number of hydrogen-bond acceptors (Lipinski definition) is 3. The SMILES string of the molecule is CC(C)Oc1ccc(C(=O)N2CC[C@H](O)C2)cc1. The number of carbonyl (C=O) groups is 1. The fourth-order valence-corrected chi connectivity index (χ4v) is 2.06. The number of hydrogen-bond donors (Lipinski definition) is 1. The standard InChI is InChI=1S/C14H19NO3/c1-10(2)18-13-5-3-11(4-6-13)14(17)15-8-7-12(16)9-15/h3-6,10,12,16H,7-9H2,1-2H3/t12-/m0/s1. The van der Waals surface area contributed by atoms with Gasteiger partial charge in [-0.2, -0.15) is 0 Å². The zero-order valence-corrected chi connectivity index (χ0v) is 10.8. The van der Waals surface area contributed by atoms with Gasteiger partial charge < -0.3 is 14.7 Å². The maximum absolute atomic E-state index is 12.1. The van der Waals surface area contributed by atoms with Gasteiger partial charge in [-0.3, -0.25) is 4.79 Å². The highest BCUT2D eigenvalue weighted by Gasteiger charge is 2.25. The summed E-state index contributed by atoms with van der Waals surface area (Å²) < 4.78 is 5.53. The van der Waals surface area contributed by atoms with Gasteiger partial charge in [0.05, 0.1) is 12.2 Å². The molecule has 0 radical (unpaired) electrons. The van der Waals surface area contributed by atoms with Gasteiger partial charge in [0.1, 0.15) is 5.75 Å². The Hall–Kier alpha value is -1.55. The Morgan fingerprint density at radius 2 is 2.06 bits per heavy atom. The number of benzene rings is 1. The molecule has 1 aromatic rings. The molecule has 0 saturated carbocycles. The highest BCUT2D eigenvalue weighted by Crippen LogP contribution is 2.17. The van der Waals surface area contributed by atoms with Crippen molar-refractivity contribution in [3.8, 4) is 5.75 Å². The minimum Gasteiger partial charge on any atom is -0.491 e. The highest BCUT2D eigenvalue weighted by molar-refractivity contribution is 5.94. The van der Waals surface area contributed by atoms with Crippen LogP contribution in [0.5, 0.6) is 5.75 Å². The minimum atomic E-state index is -0.377. The Labute approximate surface area is 107 Å². The third-order valence-corrected chi connectivity index (χ3v) is 2.92. The van der Waals surface area contributed by atoms with E-state index in [1.165, 1.54) is 0 Å². The van der Waals surface area contributed by atoms with Crippen molar-refractivity contribution in [1.82, 2.24) is 4.90 Å². The van der Waals surface area contributed by atoms with Gasteiger partial charge in [-0.15, -0.1) is 0 Å². The second-order valence-corrected chi connectivity index (χ2v) is 4.88. The molecule has 0 unspecified atom stereocenters. The lowest BCUT2D eigenvalue weighted by atomic mass is 10.2. The fourth-order valence-electron chi connectivity index (χ4n) is 2.06. The number of ether oxygens (including phenoxy) is 1. The lowest BCUT2D eigenvalue weighted by Crippen LogP contribution is -2.29. The molecule has 0 aromatic heterocycles. The Kier molecular flexibility index (Phi) is 3.87. The van der Waals surface area contributed by atoms with Gasteiger partial charge in [0.15, 0.2) is 0 Å². The molecular formula is C14H19NO3. The van der Waals surface area contributed by atoms with E-state index in [-0.39, 0.29) is 18.1 Å². The molecule has 0 aliphatic carbocycles. The van der Waals surface area contributed by atoms with Crippen LogP contribution in [-0.4, -0.2) is 41.2 Å². The van der Waals surface area contributed by atoms with Crippen LogP contribution in [0.3, 0.4) is 0 Å². The summed E-state index contributed by atoms with van der Waals surface area (Å²) in [4.78, 5) is 13.8. The van der Waals surface area contributed by atoms with Crippen molar-refractivity contribution in [2.24, 2.45) is 0 Å². The third kappa shape index (κ3) is 3.01.